The normalized spacial score (nSPS) is 11.3. The quantitative estimate of drug-likeness (QED) is 0.348. The Hall–Kier alpha value is -2.24. The van der Waals surface area contributed by atoms with Gasteiger partial charge >= 0.3 is 5.97 Å². The molecule has 0 atom stereocenters. The number of nitrogens with two attached hydrogens (primary N) is 1. The highest BCUT2D eigenvalue weighted by Crippen LogP contribution is 2.14. The van der Waals surface area contributed by atoms with Crippen molar-refractivity contribution in [2.45, 2.75) is 32.8 Å². The van der Waals surface area contributed by atoms with Crippen molar-refractivity contribution in [3.05, 3.63) is 24.3 Å². The Bertz CT molecular complexity index is 470. The Morgan fingerprint density at radius 3 is 2.57 bits per heavy atom. The Kier molecular flexibility index (Phi) is 7.08. The molecule has 6 heteroatoms. The van der Waals surface area contributed by atoms with E-state index in [9.17, 15) is 4.79 Å². The lowest BCUT2D eigenvalue weighted by molar-refractivity contribution is -0.147. The third-order valence-corrected chi connectivity index (χ3v) is 2.55. The van der Waals surface area contributed by atoms with Crippen LogP contribution in [0.1, 0.15) is 26.7 Å². The molecule has 0 amide bonds. The standard InChI is InChI=1S/C15H23N3O3/c1-11(2)21-14(19)5-4-10-17-15(16)18-12-6-8-13(20-3)9-7-12/h6-9,11H,4-5,10H2,1-3H3,(H3,16,17,18). The number of methoxy groups -OCH3 is 1. The number of rotatable bonds is 7. The molecule has 0 unspecified atom stereocenters. The largest absolute Gasteiger partial charge is 0.497 e. The van der Waals surface area contributed by atoms with Crippen LogP contribution in [0.4, 0.5) is 5.69 Å². The van der Waals surface area contributed by atoms with Gasteiger partial charge in [0.05, 0.1) is 13.2 Å². The summed E-state index contributed by atoms with van der Waals surface area (Å²) in [6.45, 7) is 4.13. The van der Waals surface area contributed by atoms with Crippen LogP contribution in [0.2, 0.25) is 0 Å². The van der Waals surface area contributed by atoms with Gasteiger partial charge in [0.2, 0.25) is 0 Å². The number of hydrogen-bond acceptors (Lipinski definition) is 4. The topological polar surface area (TPSA) is 85.9 Å². The van der Waals surface area contributed by atoms with Crippen LogP contribution in [0.3, 0.4) is 0 Å². The Morgan fingerprint density at radius 2 is 2.00 bits per heavy atom. The fourth-order valence-electron chi connectivity index (χ4n) is 1.61. The number of carbonyl (C=O) groups excluding carboxylic acids is 1. The van der Waals surface area contributed by atoms with Crippen molar-refractivity contribution in [3.8, 4) is 5.75 Å². The highest BCUT2D eigenvalue weighted by molar-refractivity contribution is 5.92. The summed E-state index contributed by atoms with van der Waals surface area (Å²) in [6, 6.07) is 7.36. The minimum atomic E-state index is -0.207. The fraction of sp³-hybridized carbons (Fsp3) is 0.467. The van der Waals surface area contributed by atoms with Crippen molar-refractivity contribution in [2.24, 2.45) is 10.7 Å². The molecule has 0 aliphatic heterocycles. The third kappa shape index (κ3) is 7.20. The lowest BCUT2D eigenvalue weighted by Gasteiger charge is -2.08. The fourth-order valence-corrected chi connectivity index (χ4v) is 1.61. The van der Waals surface area contributed by atoms with E-state index < -0.39 is 0 Å². The molecule has 21 heavy (non-hydrogen) atoms. The predicted octanol–water partition coefficient (Wildman–Crippen LogP) is 2.15. The van der Waals surface area contributed by atoms with E-state index in [1.54, 1.807) is 7.11 Å². The van der Waals surface area contributed by atoms with Crippen LogP contribution >= 0.6 is 0 Å². The van der Waals surface area contributed by atoms with Gasteiger partial charge in [-0.25, -0.2) is 0 Å². The molecular weight excluding hydrogens is 270 g/mol. The first-order valence-electron chi connectivity index (χ1n) is 6.91. The molecule has 0 aliphatic carbocycles. The molecule has 1 rings (SSSR count). The molecule has 1 aromatic rings. The van der Waals surface area contributed by atoms with Gasteiger partial charge in [-0.05, 0) is 44.5 Å². The maximum absolute atomic E-state index is 11.3. The van der Waals surface area contributed by atoms with Crippen molar-refractivity contribution in [1.82, 2.24) is 0 Å². The van der Waals surface area contributed by atoms with Crippen LogP contribution in [-0.4, -0.2) is 31.7 Å². The monoisotopic (exact) mass is 293 g/mol. The third-order valence-electron chi connectivity index (χ3n) is 2.55. The average molecular weight is 293 g/mol. The maximum atomic E-state index is 11.3. The zero-order valence-corrected chi connectivity index (χ0v) is 12.8. The summed E-state index contributed by atoms with van der Waals surface area (Å²) in [7, 11) is 1.61. The SMILES string of the molecule is COc1ccc(NC(N)=NCCCC(=O)OC(C)C)cc1. The number of esters is 1. The van der Waals surface area contributed by atoms with E-state index in [1.165, 1.54) is 0 Å². The van der Waals surface area contributed by atoms with Crippen LogP contribution in [0.15, 0.2) is 29.3 Å². The minimum absolute atomic E-state index is 0.0807. The number of nitrogens with zero attached hydrogens (tertiary/aromatic N) is 1. The molecular formula is C15H23N3O3. The Balaban J connectivity index is 2.31. The van der Waals surface area contributed by atoms with Gasteiger partial charge in [-0.2, -0.15) is 0 Å². The lowest BCUT2D eigenvalue weighted by atomic mass is 10.3. The predicted molar refractivity (Wildman–Crippen MR) is 83.6 cm³/mol. The molecule has 0 saturated heterocycles. The Labute approximate surface area is 125 Å². The molecule has 1 aromatic carbocycles. The summed E-state index contributed by atoms with van der Waals surface area (Å²) in [5.41, 5.74) is 6.60. The first-order valence-corrected chi connectivity index (χ1v) is 6.91. The second-order valence-corrected chi connectivity index (χ2v) is 4.76. The molecule has 0 spiro atoms. The summed E-state index contributed by atoms with van der Waals surface area (Å²) < 4.78 is 10.1. The number of nitrogens with one attached hydrogen (secondary N) is 1. The van der Waals surface area contributed by atoms with Crippen LogP contribution < -0.4 is 15.8 Å². The van der Waals surface area contributed by atoms with Crippen LogP contribution in [0.25, 0.3) is 0 Å². The first kappa shape index (κ1) is 16.8. The highest BCUT2D eigenvalue weighted by Gasteiger charge is 2.04. The van der Waals surface area contributed by atoms with E-state index in [1.807, 2.05) is 38.1 Å². The molecule has 0 heterocycles. The molecule has 0 aliphatic rings. The molecule has 0 saturated carbocycles. The van der Waals surface area contributed by atoms with Crippen molar-refractivity contribution in [3.63, 3.8) is 0 Å². The van der Waals surface area contributed by atoms with Crippen molar-refractivity contribution < 1.29 is 14.3 Å². The van der Waals surface area contributed by atoms with E-state index in [-0.39, 0.29) is 12.1 Å². The lowest BCUT2D eigenvalue weighted by Crippen LogP contribution is -2.23. The molecule has 116 valence electrons. The second-order valence-electron chi connectivity index (χ2n) is 4.76. The first-order chi connectivity index (χ1) is 10.0. The summed E-state index contributed by atoms with van der Waals surface area (Å²) in [4.78, 5) is 15.5. The zero-order chi connectivity index (χ0) is 15.7. The number of carbonyl (C=O) groups is 1. The summed E-state index contributed by atoms with van der Waals surface area (Å²) in [6.07, 6.45) is 0.872. The zero-order valence-electron chi connectivity index (χ0n) is 12.8. The summed E-state index contributed by atoms with van der Waals surface area (Å²) in [5.74, 6) is 0.888. The van der Waals surface area contributed by atoms with Crippen molar-refractivity contribution >= 4 is 17.6 Å². The molecule has 3 N–H and O–H groups in total. The number of benzene rings is 1. The average Bonchev–Trinajstić information content (AvgIpc) is 2.44. The minimum Gasteiger partial charge on any atom is -0.497 e. The van der Waals surface area contributed by atoms with Gasteiger partial charge in [-0.1, -0.05) is 0 Å². The Morgan fingerprint density at radius 1 is 1.33 bits per heavy atom. The van der Waals surface area contributed by atoms with E-state index in [0.29, 0.717) is 25.3 Å². The number of guanidine groups is 1. The highest BCUT2D eigenvalue weighted by atomic mass is 16.5. The van der Waals surface area contributed by atoms with E-state index in [0.717, 1.165) is 11.4 Å². The van der Waals surface area contributed by atoms with Gasteiger partial charge in [0.15, 0.2) is 5.96 Å². The van der Waals surface area contributed by atoms with Crippen molar-refractivity contribution in [1.29, 1.82) is 0 Å². The van der Waals surface area contributed by atoms with Crippen molar-refractivity contribution in [2.75, 3.05) is 19.0 Å². The van der Waals surface area contributed by atoms with Crippen LogP contribution in [-0.2, 0) is 9.53 Å². The number of aliphatic imine (C=N–C) groups is 1. The van der Waals surface area contributed by atoms with Gasteiger partial charge in [0, 0.05) is 18.7 Å². The molecule has 0 radical (unpaired) electrons. The van der Waals surface area contributed by atoms with E-state index >= 15 is 0 Å². The van der Waals surface area contributed by atoms with Gasteiger partial charge in [0.1, 0.15) is 5.75 Å². The molecule has 0 bridgehead atoms. The van der Waals surface area contributed by atoms with Gasteiger partial charge in [0.25, 0.3) is 0 Å². The number of hydrogen-bond donors (Lipinski definition) is 2. The van der Waals surface area contributed by atoms with Gasteiger partial charge in [-0.3, -0.25) is 9.79 Å². The summed E-state index contributed by atoms with van der Waals surface area (Å²) >= 11 is 0. The smallest absolute Gasteiger partial charge is 0.306 e. The maximum Gasteiger partial charge on any atom is 0.306 e. The number of anilines is 1. The van der Waals surface area contributed by atoms with Gasteiger partial charge in [-0.15, -0.1) is 0 Å². The number of ether oxygens (including phenoxy) is 2. The molecule has 6 nitrogen and oxygen atoms in total. The van der Waals surface area contributed by atoms with E-state index in [2.05, 4.69) is 10.3 Å². The second kappa shape index (κ2) is 8.84. The van der Waals surface area contributed by atoms with Gasteiger partial charge < -0.3 is 20.5 Å². The van der Waals surface area contributed by atoms with E-state index in [4.69, 9.17) is 15.2 Å². The summed E-state index contributed by atoms with van der Waals surface area (Å²) in [5, 5.41) is 2.97. The van der Waals surface area contributed by atoms with Crippen LogP contribution in [0.5, 0.6) is 5.75 Å². The molecule has 0 fully saturated rings. The van der Waals surface area contributed by atoms with Crippen LogP contribution in [0, 0.1) is 0 Å². The molecule has 0 aromatic heterocycles.